The van der Waals surface area contributed by atoms with E-state index in [4.69, 9.17) is 0 Å². The lowest BCUT2D eigenvalue weighted by Crippen LogP contribution is -2.45. The molecule has 2 atom stereocenters. The molecular weight excluding hydrogens is 250 g/mol. The molecule has 0 radical (unpaired) electrons. The molecule has 2 aliphatic heterocycles. The number of rotatable bonds is 5. The van der Waals surface area contributed by atoms with Crippen LogP contribution in [0.25, 0.3) is 0 Å². The smallest absolute Gasteiger partial charge is 0.222 e. The van der Waals surface area contributed by atoms with Gasteiger partial charge in [0.25, 0.3) is 0 Å². The number of carbonyl (C=O) groups excluding carboxylic acids is 1. The quantitative estimate of drug-likeness (QED) is 0.802. The summed E-state index contributed by atoms with van der Waals surface area (Å²) in [6.45, 7) is 13.1. The van der Waals surface area contributed by atoms with Crippen molar-refractivity contribution in [2.75, 3.05) is 39.3 Å². The Morgan fingerprint density at radius 3 is 2.95 bits per heavy atom. The number of carbonyl (C=O) groups is 1. The van der Waals surface area contributed by atoms with Gasteiger partial charge >= 0.3 is 0 Å². The summed E-state index contributed by atoms with van der Waals surface area (Å²) < 4.78 is 0. The van der Waals surface area contributed by atoms with E-state index in [1.807, 2.05) is 13.8 Å². The molecule has 0 aliphatic carbocycles. The van der Waals surface area contributed by atoms with Crippen LogP contribution in [0.5, 0.6) is 0 Å². The Morgan fingerprint density at radius 2 is 2.30 bits per heavy atom. The Balaban J connectivity index is 1.75. The minimum Gasteiger partial charge on any atom is -0.356 e. The molecule has 2 heterocycles. The highest BCUT2D eigenvalue weighted by Crippen LogP contribution is 2.28. The van der Waals surface area contributed by atoms with E-state index in [0.29, 0.717) is 11.3 Å². The van der Waals surface area contributed by atoms with E-state index in [-0.39, 0.29) is 11.8 Å². The van der Waals surface area contributed by atoms with Gasteiger partial charge in [-0.3, -0.25) is 4.79 Å². The first kappa shape index (κ1) is 15.8. The lowest BCUT2D eigenvalue weighted by Gasteiger charge is -2.37. The number of nitrogens with one attached hydrogen (secondary N) is 2. The molecule has 0 spiro atoms. The Kier molecular flexibility index (Phi) is 5.44. The van der Waals surface area contributed by atoms with Crippen molar-refractivity contribution in [3.63, 3.8) is 0 Å². The molecule has 1 amide bonds. The summed E-state index contributed by atoms with van der Waals surface area (Å²) in [6.07, 6.45) is 3.81. The lowest BCUT2D eigenvalue weighted by atomic mass is 9.87. The SMILES string of the molecule is CC(C)C(=O)NCC1CCCN(CC2(C)CCNC2)C1. The second-order valence-corrected chi connectivity index (χ2v) is 7.38. The topological polar surface area (TPSA) is 44.4 Å². The number of likely N-dealkylation sites (tertiary alicyclic amines) is 1. The number of nitrogens with zero attached hydrogens (tertiary/aromatic N) is 1. The van der Waals surface area contributed by atoms with Crippen molar-refractivity contribution < 1.29 is 4.79 Å². The molecule has 2 fully saturated rings. The van der Waals surface area contributed by atoms with Gasteiger partial charge in [-0.25, -0.2) is 0 Å². The Hall–Kier alpha value is -0.610. The van der Waals surface area contributed by atoms with Gasteiger partial charge in [0.1, 0.15) is 0 Å². The van der Waals surface area contributed by atoms with Gasteiger partial charge in [-0.05, 0) is 43.7 Å². The van der Waals surface area contributed by atoms with Crippen molar-refractivity contribution in [1.82, 2.24) is 15.5 Å². The minimum absolute atomic E-state index is 0.0955. The third-order valence-corrected chi connectivity index (χ3v) is 4.75. The van der Waals surface area contributed by atoms with Crippen molar-refractivity contribution >= 4 is 5.91 Å². The maximum Gasteiger partial charge on any atom is 0.222 e. The van der Waals surface area contributed by atoms with Crippen LogP contribution in [0.2, 0.25) is 0 Å². The highest BCUT2D eigenvalue weighted by atomic mass is 16.1. The molecule has 4 heteroatoms. The zero-order valence-corrected chi connectivity index (χ0v) is 13.4. The fourth-order valence-electron chi connectivity index (χ4n) is 3.45. The lowest BCUT2D eigenvalue weighted by molar-refractivity contribution is -0.124. The van der Waals surface area contributed by atoms with Gasteiger partial charge in [0, 0.05) is 32.1 Å². The number of hydrogen-bond acceptors (Lipinski definition) is 3. The molecule has 2 saturated heterocycles. The summed E-state index contributed by atoms with van der Waals surface area (Å²) in [5, 5.41) is 6.58. The van der Waals surface area contributed by atoms with Crippen LogP contribution in [0.1, 0.15) is 40.0 Å². The molecule has 2 rings (SSSR count). The van der Waals surface area contributed by atoms with E-state index in [2.05, 4.69) is 22.5 Å². The minimum atomic E-state index is 0.0955. The molecule has 20 heavy (non-hydrogen) atoms. The monoisotopic (exact) mass is 281 g/mol. The largest absolute Gasteiger partial charge is 0.356 e. The molecule has 0 bridgehead atoms. The van der Waals surface area contributed by atoms with E-state index in [1.165, 1.54) is 32.4 Å². The highest BCUT2D eigenvalue weighted by Gasteiger charge is 2.32. The second kappa shape index (κ2) is 6.90. The van der Waals surface area contributed by atoms with Crippen molar-refractivity contribution in [2.24, 2.45) is 17.3 Å². The fourth-order valence-corrected chi connectivity index (χ4v) is 3.45. The van der Waals surface area contributed by atoms with Gasteiger partial charge < -0.3 is 15.5 Å². The third kappa shape index (κ3) is 4.45. The molecule has 2 N–H and O–H groups in total. The summed E-state index contributed by atoms with van der Waals surface area (Å²) in [6, 6.07) is 0. The van der Waals surface area contributed by atoms with Crippen LogP contribution in [-0.4, -0.2) is 50.1 Å². The van der Waals surface area contributed by atoms with Gasteiger partial charge in [0.05, 0.1) is 0 Å². The number of amides is 1. The van der Waals surface area contributed by atoms with Crippen LogP contribution < -0.4 is 10.6 Å². The zero-order chi connectivity index (χ0) is 14.6. The van der Waals surface area contributed by atoms with E-state index in [9.17, 15) is 4.79 Å². The van der Waals surface area contributed by atoms with Crippen LogP contribution in [0.4, 0.5) is 0 Å². The molecule has 0 saturated carbocycles. The first-order valence-corrected chi connectivity index (χ1v) is 8.19. The van der Waals surface area contributed by atoms with Gasteiger partial charge in [-0.15, -0.1) is 0 Å². The number of hydrogen-bond donors (Lipinski definition) is 2. The zero-order valence-electron chi connectivity index (χ0n) is 13.4. The summed E-state index contributed by atoms with van der Waals surface area (Å²) in [7, 11) is 0. The summed E-state index contributed by atoms with van der Waals surface area (Å²) >= 11 is 0. The first-order valence-electron chi connectivity index (χ1n) is 8.19. The highest BCUT2D eigenvalue weighted by molar-refractivity contribution is 5.77. The average Bonchev–Trinajstić information content (AvgIpc) is 2.82. The maximum atomic E-state index is 11.7. The van der Waals surface area contributed by atoms with Crippen LogP contribution in [0.15, 0.2) is 0 Å². The summed E-state index contributed by atoms with van der Waals surface area (Å²) in [5.74, 6) is 0.914. The van der Waals surface area contributed by atoms with Gasteiger partial charge in [0.15, 0.2) is 0 Å². The van der Waals surface area contributed by atoms with Crippen LogP contribution in [0, 0.1) is 17.3 Å². The van der Waals surface area contributed by atoms with Gasteiger partial charge in [0.2, 0.25) is 5.91 Å². The molecule has 0 aromatic carbocycles. The standard InChI is InChI=1S/C16H31N3O/c1-13(2)15(20)18-9-14-5-4-8-19(10-14)12-16(3)6-7-17-11-16/h13-14,17H,4-12H2,1-3H3,(H,18,20). The van der Waals surface area contributed by atoms with E-state index in [0.717, 1.165) is 26.2 Å². The molecule has 2 unspecified atom stereocenters. The van der Waals surface area contributed by atoms with Crippen molar-refractivity contribution in [2.45, 2.75) is 40.0 Å². The molecule has 0 aromatic heterocycles. The van der Waals surface area contributed by atoms with E-state index < -0.39 is 0 Å². The molecule has 2 aliphatic rings. The Labute approximate surface area is 123 Å². The maximum absolute atomic E-state index is 11.7. The molecule has 4 nitrogen and oxygen atoms in total. The van der Waals surface area contributed by atoms with Crippen LogP contribution in [-0.2, 0) is 4.79 Å². The third-order valence-electron chi connectivity index (χ3n) is 4.75. The van der Waals surface area contributed by atoms with Crippen LogP contribution >= 0.6 is 0 Å². The fraction of sp³-hybridized carbons (Fsp3) is 0.938. The van der Waals surface area contributed by atoms with Crippen LogP contribution in [0.3, 0.4) is 0 Å². The molecule has 116 valence electrons. The van der Waals surface area contributed by atoms with E-state index in [1.54, 1.807) is 0 Å². The first-order chi connectivity index (χ1) is 9.48. The summed E-state index contributed by atoms with van der Waals surface area (Å²) in [4.78, 5) is 14.3. The predicted octanol–water partition coefficient (Wildman–Crippen LogP) is 1.47. The number of piperidine rings is 1. The van der Waals surface area contributed by atoms with Crippen molar-refractivity contribution in [1.29, 1.82) is 0 Å². The average molecular weight is 281 g/mol. The second-order valence-electron chi connectivity index (χ2n) is 7.38. The Bertz CT molecular complexity index is 324. The summed E-state index contributed by atoms with van der Waals surface area (Å²) in [5.41, 5.74) is 0.447. The molecular formula is C16H31N3O. The Morgan fingerprint density at radius 1 is 1.50 bits per heavy atom. The molecule has 0 aromatic rings. The predicted molar refractivity (Wildman–Crippen MR) is 82.6 cm³/mol. The van der Waals surface area contributed by atoms with Crippen molar-refractivity contribution in [3.8, 4) is 0 Å². The van der Waals surface area contributed by atoms with Crippen molar-refractivity contribution in [3.05, 3.63) is 0 Å². The van der Waals surface area contributed by atoms with E-state index >= 15 is 0 Å². The van der Waals surface area contributed by atoms with Gasteiger partial charge in [-0.1, -0.05) is 20.8 Å². The van der Waals surface area contributed by atoms with Gasteiger partial charge in [-0.2, -0.15) is 0 Å². The normalized spacial score (nSPS) is 31.7.